The summed E-state index contributed by atoms with van der Waals surface area (Å²) in [4.78, 5) is 16.8. The molecule has 0 spiro atoms. The Morgan fingerprint density at radius 2 is 2.53 bits per heavy atom. The molecule has 0 amide bonds. The van der Waals surface area contributed by atoms with Gasteiger partial charge < -0.3 is 15.7 Å². The number of aromatic nitrogens is 1. The lowest BCUT2D eigenvalue weighted by Crippen LogP contribution is -2.24. The van der Waals surface area contributed by atoms with Crippen LogP contribution in [0.25, 0.3) is 0 Å². The van der Waals surface area contributed by atoms with Gasteiger partial charge in [-0.05, 0) is 6.92 Å². The van der Waals surface area contributed by atoms with Gasteiger partial charge in [-0.25, -0.2) is 4.98 Å². The van der Waals surface area contributed by atoms with E-state index in [1.807, 2.05) is 11.8 Å². The minimum atomic E-state index is -1.10. The SMILES string of the molecule is CCN(CCC#N)c1nc(C(N)C(=O)O)cs1. The van der Waals surface area contributed by atoms with E-state index in [9.17, 15) is 4.79 Å². The zero-order chi connectivity index (χ0) is 12.8. The number of nitrogens with two attached hydrogens (primary N) is 1. The van der Waals surface area contributed by atoms with E-state index in [2.05, 4.69) is 11.1 Å². The van der Waals surface area contributed by atoms with Crippen molar-refractivity contribution in [1.29, 1.82) is 5.26 Å². The summed E-state index contributed by atoms with van der Waals surface area (Å²) in [7, 11) is 0. The molecule has 0 radical (unpaired) electrons. The number of carboxylic acids is 1. The number of rotatable bonds is 6. The van der Waals surface area contributed by atoms with Crippen molar-refractivity contribution in [2.24, 2.45) is 5.73 Å². The molecule has 0 bridgehead atoms. The van der Waals surface area contributed by atoms with E-state index in [-0.39, 0.29) is 0 Å². The second-order valence-corrected chi connectivity index (χ2v) is 4.20. The molecule has 1 aromatic rings. The van der Waals surface area contributed by atoms with E-state index in [1.165, 1.54) is 11.3 Å². The van der Waals surface area contributed by atoms with Gasteiger partial charge in [0.2, 0.25) is 0 Å². The van der Waals surface area contributed by atoms with Crippen LogP contribution in [0.1, 0.15) is 25.1 Å². The molecule has 6 nitrogen and oxygen atoms in total. The molecule has 0 saturated carbocycles. The summed E-state index contributed by atoms with van der Waals surface area (Å²) in [5.41, 5.74) is 5.82. The Morgan fingerprint density at radius 1 is 1.82 bits per heavy atom. The van der Waals surface area contributed by atoms with E-state index < -0.39 is 12.0 Å². The molecule has 0 aliphatic carbocycles. The summed E-state index contributed by atoms with van der Waals surface area (Å²) in [5, 5.41) is 19.6. The molecule has 0 fully saturated rings. The highest BCUT2D eigenvalue weighted by Crippen LogP contribution is 2.23. The molecule has 17 heavy (non-hydrogen) atoms. The van der Waals surface area contributed by atoms with Gasteiger partial charge in [-0.15, -0.1) is 11.3 Å². The van der Waals surface area contributed by atoms with Gasteiger partial charge in [-0.2, -0.15) is 5.26 Å². The minimum absolute atomic E-state index is 0.355. The molecule has 1 rings (SSSR count). The van der Waals surface area contributed by atoms with Crippen molar-refractivity contribution < 1.29 is 9.90 Å². The average Bonchev–Trinajstić information content (AvgIpc) is 2.78. The molecule has 0 aliphatic rings. The molecule has 3 N–H and O–H groups in total. The fraction of sp³-hybridized carbons (Fsp3) is 0.500. The smallest absolute Gasteiger partial charge is 0.326 e. The van der Waals surface area contributed by atoms with E-state index >= 15 is 0 Å². The van der Waals surface area contributed by atoms with Crippen LogP contribution in [-0.4, -0.2) is 29.1 Å². The molecule has 7 heteroatoms. The van der Waals surface area contributed by atoms with Crippen LogP contribution in [0.3, 0.4) is 0 Å². The molecule has 1 aromatic heterocycles. The maximum atomic E-state index is 10.7. The van der Waals surface area contributed by atoms with Crippen LogP contribution in [0.15, 0.2) is 5.38 Å². The average molecular weight is 254 g/mol. The quantitative estimate of drug-likeness (QED) is 0.784. The third-order valence-electron chi connectivity index (χ3n) is 2.24. The van der Waals surface area contributed by atoms with E-state index in [0.717, 1.165) is 6.54 Å². The Hall–Kier alpha value is -1.65. The molecule has 1 heterocycles. The summed E-state index contributed by atoms with van der Waals surface area (Å²) in [6.07, 6.45) is 0.410. The van der Waals surface area contributed by atoms with Crippen LogP contribution in [0, 0.1) is 11.3 Å². The fourth-order valence-corrected chi connectivity index (χ4v) is 2.22. The number of nitrogens with zero attached hydrogens (tertiary/aromatic N) is 3. The zero-order valence-electron chi connectivity index (χ0n) is 9.46. The van der Waals surface area contributed by atoms with E-state index in [1.54, 1.807) is 5.38 Å². The van der Waals surface area contributed by atoms with Gasteiger partial charge in [0.1, 0.15) is 6.04 Å². The van der Waals surface area contributed by atoms with Gasteiger partial charge in [0.25, 0.3) is 0 Å². The summed E-state index contributed by atoms with van der Waals surface area (Å²) in [6, 6.07) is 0.978. The predicted octanol–water partition coefficient (Wildman–Crippen LogP) is 0.967. The lowest BCUT2D eigenvalue weighted by atomic mass is 10.2. The van der Waals surface area contributed by atoms with Crippen LogP contribution < -0.4 is 10.6 Å². The maximum absolute atomic E-state index is 10.7. The third kappa shape index (κ3) is 3.41. The molecular weight excluding hydrogens is 240 g/mol. The lowest BCUT2D eigenvalue weighted by molar-refractivity contribution is -0.138. The van der Waals surface area contributed by atoms with E-state index in [4.69, 9.17) is 16.1 Å². The highest BCUT2D eigenvalue weighted by atomic mass is 32.1. The van der Waals surface area contributed by atoms with Gasteiger partial charge in [0, 0.05) is 18.5 Å². The van der Waals surface area contributed by atoms with Crippen LogP contribution in [-0.2, 0) is 4.79 Å². The normalized spacial score (nSPS) is 11.8. The first-order chi connectivity index (χ1) is 8.10. The first kappa shape index (κ1) is 13.4. The van der Waals surface area contributed by atoms with Crippen molar-refractivity contribution in [3.63, 3.8) is 0 Å². The molecule has 0 aromatic carbocycles. The molecule has 92 valence electrons. The van der Waals surface area contributed by atoms with Crippen LogP contribution in [0.4, 0.5) is 5.13 Å². The van der Waals surface area contributed by atoms with Crippen molar-refractivity contribution in [2.45, 2.75) is 19.4 Å². The van der Waals surface area contributed by atoms with Crippen LogP contribution in [0.5, 0.6) is 0 Å². The number of aliphatic carboxylic acids is 1. The number of hydrogen-bond donors (Lipinski definition) is 2. The monoisotopic (exact) mass is 254 g/mol. The zero-order valence-corrected chi connectivity index (χ0v) is 10.3. The van der Waals surface area contributed by atoms with Crippen molar-refractivity contribution >= 4 is 22.4 Å². The number of carboxylic acid groups (broad SMARTS) is 1. The standard InChI is InChI=1S/C10H14N4O2S/c1-2-14(5-3-4-11)10-13-7(6-17-10)8(12)9(15)16/h6,8H,2-3,5,12H2,1H3,(H,15,16). The molecular formula is C10H14N4O2S. The van der Waals surface area contributed by atoms with Gasteiger partial charge in [0.15, 0.2) is 5.13 Å². The number of nitriles is 1. The molecule has 1 atom stereocenters. The first-order valence-corrected chi connectivity index (χ1v) is 6.03. The third-order valence-corrected chi connectivity index (χ3v) is 3.16. The summed E-state index contributed by atoms with van der Waals surface area (Å²) in [6.45, 7) is 3.26. The number of hydrogen-bond acceptors (Lipinski definition) is 6. The second kappa shape index (κ2) is 6.18. The highest BCUT2D eigenvalue weighted by Gasteiger charge is 2.19. The topological polar surface area (TPSA) is 103 Å². The Bertz CT molecular complexity index is 426. The van der Waals surface area contributed by atoms with Crippen molar-refractivity contribution in [1.82, 2.24) is 4.98 Å². The lowest BCUT2D eigenvalue weighted by Gasteiger charge is -2.17. The number of carbonyl (C=O) groups is 1. The molecule has 1 unspecified atom stereocenters. The largest absolute Gasteiger partial charge is 0.480 e. The molecule has 0 saturated heterocycles. The Labute approximate surface area is 103 Å². The van der Waals surface area contributed by atoms with Gasteiger partial charge in [0.05, 0.1) is 18.2 Å². The second-order valence-electron chi connectivity index (χ2n) is 3.36. The Kier molecular flexibility index (Phi) is 4.87. The van der Waals surface area contributed by atoms with Gasteiger partial charge in [-0.3, -0.25) is 4.79 Å². The van der Waals surface area contributed by atoms with Gasteiger partial charge >= 0.3 is 5.97 Å². The minimum Gasteiger partial charge on any atom is -0.480 e. The van der Waals surface area contributed by atoms with Crippen LogP contribution >= 0.6 is 11.3 Å². The fourth-order valence-electron chi connectivity index (χ4n) is 1.26. The summed E-state index contributed by atoms with van der Waals surface area (Å²) >= 11 is 1.34. The molecule has 0 aliphatic heterocycles. The van der Waals surface area contributed by atoms with Crippen molar-refractivity contribution in [3.05, 3.63) is 11.1 Å². The Morgan fingerprint density at radius 3 is 3.06 bits per heavy atom. The highest BCUT2D eigenvalue weighted by molar-refractivity contribution is 7.13. The van der Waals surface area contributed by atoms with Crippen molar-refractivity contribution in [3.8, 4) is 6.07 Å². The number of anilines is 1. The summed E-state index contributed by atoms with van der Waals surface area (Å²) in [5.74, 6) is -1.10. The maximum Gasteiger partial charge on any atom is 0.326 e. The van der Waals surface area contributed by atoms with E-state index in [0.29, 0.717) is 23.8 Å². The Balaban J connectivity index is 2.78. The number of thiazole rings is 1. The predicted molar refractivity (Wildman–Crippen MR) is 64.8 cm³/mol. The first-order valence-electron chi connectivity index (χ1n) is 5.15. The van der Waals surface area contributed by atoms with Crippen molar-refractivity contribution in [2.75, 3.05) is 18.0 Å². The van der Waals surface area contributed by atoms with Gasteiger partial charge in [-0.1, -0.05) is 0 Å². The summed E-state index contributed by atoms with van der Waals surface area (Å²) < 4.78 is 0. The van der Waals surface area contributed by atoms with Crippen LogP contribution in [0.2, 0.25) is 0 Å².